The summed E-state index contributed by atoms with van der Waals surface area (Å²) >= 11 is 6.08. The lowest BCUT2D eigenvalue weighted by molar-refractivity contribution is 0.102. The first-order valence-electron chi connectivity index (χ1n) is 10.7. The first-order valence-corrected chi connectivity index (χ1v) is 11.1. The van der Waals surface area contributed by atoms with E-state index in [1.54, 1.807) is 35.3 Å². The van der Waals surface area contributed by atoms with E-state index in [-0.39, 0.29) is 5.91 Å². The van der Waals surface area contributed by atoms with Crippen LogP contribution in [0, 0.1) is 5.82 Å². The van der Waals surface area contributed by atoms with Crippen LogP contribution in [-0.2, 0) is 13.2 Å². The zero-order valence-electron chi connectivity index (χ0n) is 18.5. The van der Waals surface area contributed by atoms with Crippen molar-refractivity contribution in [2.24, 2.45) is 0 Å². The van der Waals surface area contributed by atoms with Crippen LogP contribution < -0.4 is 14.8 Å². The van der Waals surface area contributed by atoms with Gasteiger partial charge in [0.2, 0.25) is 0 Å². The van der Waals surface area contributed by atoms with Crippen LogP contribution in [0.1, 0.15) is 28.4 Å². The lowest BCUT2D eigenvalue weighted by atomic mass is 10.1. The number of benzene rings is 3. The Balaban J connectivity index is 1.35. The zero-order chi connectivity index (χ0) is 23.9. The molecule has 0 atom stereocenters. The highest BCUT2D eigenvalue weighted by molar-refractivity contribution is 6.31. The van der Waals surface area contributed by atoms with Gasteiger partial charge < -0.3 is 14.8 Å². The van der Waals surface area contributed by atoms with E-state index in [2.05, 4.69) is 10.4 Å². The van der Waals surface area contributed by atoms with E-state index in [1.165, 1.54) is 12.1 Å². The second-order valence-corrected chi connectivity index (χ2v) is 7.92. The van der Waals surface area contributed by atoms with Crippen molar-refractivity contribution in [2.75, 3.05) is 11.9 Å². The predicted molar refractivity (Wildman–Crippen MR) is 129 cm³/mol. The van der Waals surface area contributed by atoms with Crippen molar-refractivity contribution in [1.82, 2.24) is 9.78 Å². The Hall–Kier alpha value is -3.84. The van der Waals surface area contributed by atoms with E-state index in [9.17, 15) is 9.18 Å². The van der Waals surface area contributed by atoms with Crippen LogP contribution in [0.4, 0.5) is 10.1 Å². The predicted octanol–water partition coefficient (Wildman–Crippen LogP) is 5.95. The van der Waals surface area contributed by atoms with Crippen LogP contribution in [0.2, 0.25) is 5.02 Å². The second kappa shape index (κ2) is 10.9. The molecule has 0 aliphatic heterocycles. The van der Waals surface area contributed by atoms with Gasteiger partial charge in [-0.15, -0.1) is 0 Å². The normalized spacial score (nSPS) is 10.7. The van der Waals surface area contributed by atoms with Gasteiger partial charge in [-0.2, -0.15) is 5.10 Å². The molecule has 0 saturated heterocycles. The van der Waals surface area contributed by atoms with E-state index >= 15 is 0 Å². The van der Waals surface area contributed by atoms with Gasteiger partial charge in [0, 0.05) is 16.8 Å². The molecule has 3 aromatic carbocycles. The van der Waals surface area contributed by atoms with Gasteiger partial charge in [0.1, 0.15) is 23.9 Å². The molecule has 1 amide bonds. The molecule has 34 heavy (non-hydrogen) atoms. The third-order valence-corrected chi connectivity index (χ3v) is 5.32. The quantitative estimate of drug-likeness (QED) is 0.322. The molecule has 0 aliphatic carbocycles. The van der Waals surface area contributed by atoms with E-state index in [1.807, 2.05) is 43.3 Å². The van der Waals surface area contributed by atoms with Crippen LogP contribution >= 0.6 is 11.6 Å². The first-order chi connectivity index (χ1) is 16.5. The smallest absolute Gasteiger partial charge is 0.255 e. The molecule has 174 valence electrons. The molecule has 4 rings (SSSR count). The fraction of sp³-hybridized carbons (Fsp3) is 0.154. The second-order valence-electron chi connectivity index (χ2n) is 7.51. The monoisotopic (exact) mass is 479 g/mol. The van der Waals surface area contributed by atoms with Gasteiger partial charge in [0.15, 0.2) is 0 Å². The topological polar surface area (TPSA) is 65.4 Å². The number of halogens is 2. The third kappa shape index (κ3) is 6.14. The molecular formula is C26H23ClFN3O3. The van der Waals surface area contributed by atoms with E-state index in [4.69, 9.17) is 21.1 Å². The number of rotatable bonds is 9. The number of carbonyl (C=O) groups excluding carboxylic acids is 1. The van der Waals surface area contributed by atoms with Gasteiger partial charge in [0.05, 0.1) is 25.0 Å². The highest BCUT2D eigenvalue weighted by Crippen LogP contribution is 2.20. The Morgan fingerprint density at radius 1 is 1.06 bits per heavy atom. The minimum Gasteiger partial charge on any atom is -0.494 e. The Morgan fingerprint density at radius 2 is 1.82 bits per heavy atom. The van der Waals surface area contributed by atoms with Gasteiger partial charge >= 0.3 is 0 Å². The highest BCUT2D eigenvalue weighted by atomic mass is 35.5. The van der Waals surface area contributed by atoms with Gasteiger partial charge in [0.25, 0.3) is 5.91 Å². The summed E-state index contributed by atoms with van der Waals surface area (Å²) in [6.45, 7) is 3.22. The van der Waals surface area contributed by atoms with Crippen molar-refractivity contribution in [2.45, 2.75) is 20.1 Å². The average molecular weight is 480 g/mol. The number of hydrogen-bond acceptors (Lipinski definition) is 4. The van der Waals surface area contributed by atoms with Gasteiger partial charge in [-0.05, 0) is 66.6 Å². The lowest BCUT2D eigenvalue weighted by Gasteiger charge is -2.09. The molecule has 6 nitrogen and oxygen atoms in total. The summed E-state index contributed by atoms with van der Waals surface area (Å²) in [5.41, 5.74) is 2.63. The number of carbonyl (C=O) groups is 1. The first kappa shape index (κ1) is 23.3. The Labute approximate surface area is 201 Å². The maximum absolute atomic E-state index is 13.2. The summed E-state index contributed by atoms with van der Waals surface area (Å²) in [4.78, 5) is 12.7. The SMILES string of the molecule is CCOc1ccc(OCc2cccc(C(=O)Nc3cnn(Cc4ccc(F)cc4Cl)c3)c2)cc1. The summed E-state index contributed by atoms with van der Waals surface area (Å²) in [7, 11) is 0. The molecule has 0 bridgehead atoms. The molecule has 0 aliphatic rings. The molecule has 0 saturated carbocycles. The molecular weight excluding hydrogens is 457 g/mol. The minimum absolute atomic E-state index is 0.262. The fourth-order valence-electron chi connectivity index (χ4n) is 3.31. The Morgan fingerprint density at radius 3 is 2.56 bits per heavy atom. The van der Waals surface area contributed by atoms with Gasteiger partial charge in [-0.1, -0.05) is 29.8 Å². The Kier molecular flexibility index (Phi) is 7.44. The molecule has 8 heteroatoms. The summed E-state index contributed by atoms with van der Waals surface area (Å²) in [5, 5.41) is 7.40. The molecule has 1 N–H and O–H groups in total. The maximum atomic E-state index is 13.2. The Bertz CT molecular complexity index is 1270. The standard InChI is InChI=1S/C26H23ClFN3O3/c1-2-33-23-8-10-24(11-9-23)34-17-18-4-3-5-19(12-18)26(32)30-22-14-29-31(16-22)15-20-6-7-21(28)13-25(20)27/h3-14,16H,2,15,17H2,1H3,(H,30,32). The highest BCUT2D eigenvalue weighted by Gasteiger charge is 2.10. The fourth-order valence-corrected chi connectivity index (χ4v) is 3.54. The molecule has 0 fully saturated rings. The van der Waals surface area contributed by atoms with E-state index in [0.717, 1.165) is 16.9 Å². The number of nitrogens with one attached hydrogen (secondary N) is 1. The van der Waals surface area contributed by atoms with E-state index in [0.29, 0.717) is 41.8 Å². The minimum atomic E-state index is -0.394. The maximum Gasteiger partial charge on any atom is 0.255 e. The molecule has 0 spiro atoms. The number of amides is 1. The number of ether oxygens (including phenoxy) is 2. The average Bonchev–Trinajstić information content (AvgIpc) is 3.27. The van der Waals surface area contributed by atoms with Crippen molar-refractivity contribution in [3.05, 3.63) is 107 Å². The number of hydrogen-bond donors (Lipinski definition) is 1. The van der Waals surface area contributed by atoms with Crippen molar-refractivity contribution in [3.8, 4) is 11.5 Å². The van der Waals surface area contributed by atoms with Crippen LogP contribution in [0.25, 0.3) is 0 Å². The van der Waals surface area contributed by atoms with Crippen molar-refractivity contribution < 1.29 is 18.7 Å². The summed E-state index contributed by atoms with van der Waals surface area (Å²) in [5.74, 6) is 0.848. The van der Waals surface area contributed by atoms with Gasteiger partial charge in [-0.25, -0.2) is 4.39 Å². The summed E-state index contributed by atoms with van der Waals surface area (Å²) in [6.07, 6.45) is 3.24. The zero-order valence-corrected chi connectivity index (χ0v) is 19.3. The van der Waals surface area contributed by atoms with Crippen molar-refractivity contribution in [3.63, 3.8) is 0 Å². The van der Waals surface area contributed by atoms with Gasteiger partial charge in [-0.3, -0.25) is 9.48 Å². The van der Waals surface area contributed by atoms with Crippen LogP contribution in [-0.4, -0.2) is 22.3 Å². The molecule has 1 heterocycles. The number of anilines is 1. The lowest BCUT2D eigenvalue weighted by Crippen LogP contribution is -2.12. The van der Waals surface area contributed by atoms with Crippen LogP contribution in [0.3, 0.4) is 0 Å². The van der Waals surface area contributed by atoms with E-state index < -0.39 is 5.82 Å². The summed E-state index contributed by atoms with van der Waals surface area (Å²) in [6, 6.07) is 18.8. The number of aromatic nitrogens is 2. The van der Waals surface area contributed by atoms with Crippen molar-refractivity contribution in [1.29, 1.82) is 0 Å². The largest absolute Gasteiger partial charge is 0.494 e. The molecule has 1 aromatic heterocycles. The number of nitrogens with zero attached hydrogens (tertiary/aromatic N) is 2. The summed E-state index contributed by atoms with van der Waals surface area (Å²) < 4.78 is 26.1. The molecule has 0 radical (unpaired) electrons. The molecule has 4 aromatic rings. The molecule has 0 unspecified atom stereocenters. The third-order valence-electron chi connectivity index (χ3n) is 4.97. The van der Waals surface area contributed by atoms with Crippen molar-refractivity contribution >= 4 is 23.2 Å². The van der Waals surface area contributed by atoms with Crippen LogP contribution in [0.5, 0.6) is 11.5 Å². The van der Waals surface area contributed by atoms with Crippen LogP contribution in [0.15, 0.2) is 79.1 Å².